The Kier molecular flexibility index (Phi) is 3.02. The highest BCUT2D eigenvalue weighted by atomic mass is 79.9. The van der Waals surface area contributed by atoms with E-state index in [4.69, 9.17) is 5.11 Å². The van der Waals surface area contributed by atoms with Crippen molar-refractivity contribution in [2.45, 2.75) is 6.42 Å². The molecule has 1 atom stereocenters. The van der Waals surface area contributed by atoms with Gasteiger partial charge in [-0.05, 0) is 28.1 Å². The molecule has 0 aromatic carbocycles. The zero-order valence-corrected chi connectivity index (χ0v) is 9.64. The largest absolute Gasteiger partial charge is 0.396 e. The minimum absolute atomic E-state index is 0.0275. The van der Waals surface area contributed by atoms with Gasteiger partial charge in [0, 0.05) is 25.5 Å². The molecule has 1 saturated heterocycles. The first-order valence-electron chi connectivity index (χ1n) is 4.74. The molecule has 15 heavy (non-hydrogen) atoms. The zero-order valence-electron chi connectivity index (χ0n) is 8.06. The molecule has 5 heteroatoms. The molecule has 0 radical (unpaired) electrons. The van der Waals surface area contributed by atoms with Crippen molar-refractivity contribution >= 4 is 27.7 Å². The van der Waals surface area contributed by atoms with Gasteiger partial charge in [0.15, 0.2) is 0 Å². The minimum atomic E-state index is 0.0275. The van der Waals surface area contributed by atoms with Crippen LogP contribution in [-0.2, 0) is 4.79 Å². The second kappa shape index (κ2) is 4.28. The van der Waals surface area contributed by atoms with Gasteiger partial charge in [-0.15, -0.1) is 0 Å². The van der Waals surface area contributed by atoms with E-state index in [-0.39, 0.29) is 18.4 Å². The van der Waals surface area contributed by atoms with Crippen molar-refractivity contribution in [2.75, 3.05) is 18.1 Å². The van der Waals surface area contributed by atoms with Crippen LogP contribution in [0.3, 0.4) is 0 Å². The van der Waals surface area contributed by atoms with E-state index in [0.29, 0.717) is 23.4 Å². The van der Waals surface area contributed by atoms with Gasteiger partial charge in [-0.25, -0.2) is 4.98 Å². The zero-order chi connectivity index (χ0) is 10.8. The number of hydrogen-bond donors (Lipinski definition) is 1. The lowest BCUT2D eigenvalue weighted by Crippen LogP contribution is -2.25. The molecule has 1 unspecified atom stereocenters. The Bertz CT molecular complexity index is 383. The van der Waals surface area contributed by atoms with E-state index < -0.39 is 0 Å². The molecular weight excluding hydrogens is 260 g/mol. The highest BCUT2D eigenvalue weighted by Gasteiger charge is 2.30. The second-order valence-corrected chi connectivity index (χ2v) is 4.39. The number of carbonyl (C=O) groups excluding carboxylic acids is 1. The number of hydrogen-bond acceptors (Lipinski definition) is 3. The summed E-state index contributed by atoms with van der Waals surface area (Å²) in [6.45, 7) is 0.606. The average molecular weight is 271 g/mol. The van der Waals surface area contributed by atoms with Crippen LogP contribution in [0.1, 0.15) is 6.42 Å². The SMILES string of the molecule is O=C1CC(CO)CN1c1cccc(Br)n1. The topological polar surface area (TPSA) is 53.4 Å². The highest BCUT2D eigenvalue weighted by Crippen LogP contribution is 2.24. The van der Waals surface area contributed by atoms with E-state index in [2.05, 4.69) is 20.9 Å². The molecule has 4 nitrogen and oxygen atoms in total. The first-order chi connectivity index (χ1) is 7.20. The highest BCUT2D eigenvalue weighted by molar-refractivity contribution is 9.10. The summed E-state index contributed by atoms with van der Waals surface area (Å²) in [5.41, 5.74) is 0. The quantitative estimate of drug-likeness (QED) is 0.822. The number of carbonyl (C=O) groups is 1. The van der Waals surface area contributed by atoms with E-state index in [9.17, 15) is 4.79 Å². The predicted molar refractivity (Wildman–Crippen MR) is 59.5 cm³/mol. The van der Waals surface area contributed by atoms with Crippen molar-refractivity contribution < 1.29 is 9.90 Å². The number of aliphatic hydroxyl groups is 1. The normalized spacial score (nSPS) is 21.1. The number of rotatable bonds is 2. The number of amides is 1. The fourth-order valence-electron chi connectivity index (χ4n) is 1.67. The van der Waals surface area contributed by atoms with Gasteiger partial charge in [0.1, 0.15) is 10.4 Å². The molecule has 2 heterocycles. The molecule has 0 spiro atoms. The molecule has 2 rings (SSSR count). The number of halogens is 1. The third kappa shape index (κ3) is 2.18. The van der Waals surface area contributed by atoms with Gasteiger partial charge in [-0.3, -0.25) is 9.69 Å². The second-order valence-electron chi connectivity index (χ2n) is 3.58. The van der Waals surface area contributed by atoms with E-state index in [1.54, 1.807) is 11.0 Å². The van der Waals surface area contributed by atoms with Gasteiger partial charge in [0.2, 0.25) is 5.91 Å². The summed E-state index contributed by atoms with van der Waals surface area (Å²) in [5, 5.41) is 8.99. The van der Waals surface area contributed by atoms with Gasteiger partial charge in [0.25, 0.3) is 0 Å². The Balaban J connectivity index is 2.21. The van der Waals surface area contributed by atoms with Gasteiger partial charge >= 0.3 is 0 Å². The first kappa shape index (κ1) is 10.6. The molecule has 0 saturated carbocycles. The summed E-state index contributed by atoms with van der Waals surface area (Å²) in [5.74, 6) is 0.711. The van der Waals surface area contributed by atoms with E-state index in [1.807, 2.05) is 12.1 Å². The van der Waals surface area contributed by atoms with Crippen molar-refractivity contribution in [2.24, 2.45) is 5.92 Å². The Hall–Kier alpha value is -0.940. The van der Waals surface area contributed by atoms with Crippen LogP contribution in [0.4, 0.5) is 5.82 Å². The van der Waals surface area contributed by atoms with Gasteiger partial charge in [-0.2, -0.15) is 0 Å². The summed E-state index contributed by atoms with van der Waals surface area (Å²) in [4.78, 5) is 17.4. The van der Waals surface area contributed by atoms with Crippen molar-refractivity contribution in [3.05, 3.63) is 22.8 Å². The number of aliphatic hydroxyl groups excluding tert-OH is 1. The third-order valence-corrected chi connectivity index (χ3v) is 2.88. The summed E-state index contributed by atoms with van der Waals surface area (Å²) in [7, 11) is 0. The van der Waals surface area contributed by atoms with Crippen LogP contribution >= 0.6 is 15.9 Å². The van der Waals surface area contributed by atoms with Crippen LogP contribution < -0.4 is 4.90 Å². The Morgan fingerprint density at radius 2 is 2.40 bits per heavy atom. The van der Waals surface area contributed by atoms with Crippen LogP contribution in [0.15, 0.2) is 22.8 Å². The molecule has 0 aliphatic carbocycles. The number of aromatic nitrogens is 1. The van der Waals surface area contributed by atoms with Crippen LogP contribution in [-0.4, -0.2) is 29.1 Å². The number of pyridine rings is 1. The smallest absolute Gasteiger partial charge is 0.228 e. The average Bonchev–Trinajstić information content (AvgIpc) is 2.60. The summed E-state index contributed by atoms with van der Waals surface area (Å²) >= 11 is 3.26. The molecular formula is C10H11BrN2O2. The van der Waals surface area contributed by atoms with Gasteiger partial charge in [0.05, 0.1) is 0 Å². The van der Waals surface area contributed by atoms with E-state index >= 15 is 0 Å². The van der Waals surface area contributed by atoms with E-state index in [1.165, 1.54) is 0 Å². The predicted octanol–water partition coefficient (Wildman–Crippen LogP) is 1.19. The summed E-state index contributed by atoms with van der Waals surface area (Å²) in [6.07, 6.45) is 0.407. The maximum atomic E-state index is 11.6. The van der Waals surface area contributed by atoms with Crippen molar-refractivity contribution in [1.29, 1.82) is 0 Å². The molecule has 80 valence electrons. The third-order valence-electron chi connectivity index (χ3n) is 2.44. The molecule has 1 aliphatic rings. The van der Waals surface area contributed by atoms with Crippen molar-refractivity contribution in [3.63, 3.8) is 0 Å². The Morgan fingerprint density at radius 3 is 3.00 bits per heavy atom. The van der Waals surface area contributed by atoms with Crippen molar-refractivity contribution in [1.82, 2.24) is 4.98 Å². The van der Waals surface area contributed by atoms with Crippen molar-refractivity contribution in [3.8, 4) is 0 Å². The lowest BCUT2D eigenvalue weighted by atomic mass is 10.1. The van der Waals surface area contributed by atoms with Gasteiger partial charge in [-0.1, -0.05) is 6.07 Å². The molecule has 1 aromatic heterocycles. The Morgan fingerprint density at radius 1 is 1.60 bits per heavy atom. The molecule has 1 aliphatic heterocycles. The monoisotopic (exact) mass is 270 g/mol. The lowest BCUT2D eigenvalue weighted by molar-refractivity contribution is -0.117. The standard InChI is InChI=1S/C10H11BrN2O2/c11-8-2-1-3-9(12-8)13-5-7(6-14)4-10(13)15/h1-3,7,14H,4-6H2. The van der Waals surface area contributed by atoms with Gasteiger partial charge < -0.3 is 5.11 Å². The molecule has 0 bridgehead atoms. The fraction of sp³-hybridized carbons (Fsp3) is 0.400. The van der Waals surface area contributed by atoms with Crippen LogP contribution in [0.25, 0.3) is 0 Å². The molecule has 1 aromatic rings. The minimum Gasteiger partial charge on any atom is -0.396 e. The van der Waals surface area contributed by atoms with Crippen LogP contribution in [0, 0.1) is 5.92 Å². The number of nitrogens with zero attached hydrogens (tertiary/aromatic N) is 2. The summed E-state index contributed by atoms with van der Waals surface area (Å²) < 4.78 is 0.709. The lowest BCUT2D eigenvalue weighted by Gasteiger charge is -2.15. The molecule has 1 amide bonds. The van der Waals surface area contributed by atoms with Crippen LogP contribution in [0.5, 0.6) is 0 Å². The first-order valence-corrected chi connectivity index (χ1v) is 5.54. The maximum Gasteiger partial charge on any atom is 0.228 e. The Labute approximate surface area is 96.1 Å². The van der Waals surface area contributed by atoms with Crippen LogP contribution in [0.2, 0.25) is 0 Å². The summed E-state index contributed by atoms with van der Waals surface area (Å²) in [6, 6.07) is 5.45. The maximum absolute atomic E-state index is 11.6. The fourth-order valence-corrected chi connectivity index (χ4v) is 2.01. The molecule has 1 fully saturated rings. The van der Waals surface area contributed by atoms with E-state index in [0.717, 1.165) is 0 Å². The number of anilines is 1. The molecule has 1 N–H and O–H groups in total.